The van der Waals surface area contributed by atoms with E-state index in [-0.39, 0.29) is 6.04 Å². The summed E-state index contributed by atoms with van der Waals surface area (Å²) in [5.74, 6) is 0. The maximum Gasteiger partial charge on any atom is 0.0701 e. The quantitative estimate of drug-likeness (QED) is 0.721. The Bertz CT molecular complexity index is 496. The number of nitrogens with one attached hydrogen (secondary N) is 1. The van der Waals surface area contributed by atoms with Gasteiger partial charge in [0.1, 0.15) is 0 Å². The largest absolute Gasteiger partial charge is 0.374 e. The van der Waals surface area contributed by atoms with E-state index in [1.165, 1.54) is 11.1 Å². The van der Waals surface area contributed by atoms with Crippen LogP contribution in [0.25, 0.3) is 0 Å². The smallest absolute Gasteiger partial charge is 0.0701 e. The fourth-order valence-corrected chi connectivity index (χ4v) is 2.03. The van der Waals surface area contributed by atoms with Gasteiger partial charge in [0.25, 0.3) is 0 Å². The number of hydrogen-bond acceptors (Lipinski definition) is 1. The Labute approximate surface area is 103 Å². The van der Waals surface area contributed by atoms with Crippen molar-refractivity contribution in [2.24, 2.45) is 0 Å². The molecule has 0 saturated carbocycles. The van der Waals surface area contributed by atoms with E-state index in [9.17, 15) is 0 Å². The van der Waals surface area contributed by atoms with Crippen molar-refractivity contribution in [2.45, 2.75) is 13.0 Å². The Hall–Kier alpha value is -2.02. The zero-order valence-electron chi connectivity index (χ0n) is 10.1. The van der Waals surface area contributed by atoms with E-state index in [0.29, 0.717) is 0 Å². The van der Waals surface area contributed by atoms with E-state index in [1.54, 1.807) is 6.08 Å². The number of dihydropyridines is 1. The zero-order chi connectivity index (χ0) is 12.3. The maximum absolute atomic E-state index is 4.08. The number of fused-ring (bicyclic) bond motifs is 1. The summed E-state index contributed by atoms with van der Waals surface area (Å²) < 4.78 is 0. The lowest BCUT2D eigenvalue weighted by Crippen LogP contribution is -2.32. The van der Waals surface area contributed by atoms with Crippen LogP contribution in [0.15, 0.2) is 84.2 Å². The molecule has 2 aliphatic rings. The number of hydrogen-bond donors (Lipinski definition) is 1. The summed E-state index contributed by atoms with van der Waals surface area (Å²) in [4.78, 5) is 0. The molecule has 1 N–H and O–H groups in total. The third-order valence-corrected chi connectivity index (χ3v) is 2.89. The molecule has 17 heavy (non-hydrogen) atoms. The average Bonchev–Trinajstić information content (AvgIpc) is 2.35. The van der Waals surface area contributed by atoms with Crippen LogP contribution in [0.2, 0.25) is 0 Å². The fourth-order valence-electron chi connectivity index (χ4n) is 2.03. The van der Waals surface area contributed by atoms with Crippen LogP contribution in [-0.4, -0.2) is 6.04 Å². The molecule has 1 aliphatic carbocycles. The molecule has 2 rings (SSSR count). The second-order valence-corrected chi connectivity index (χ2v) is 4.19. The monoisotopic (exact) mass is 223 g/mol. The minimum Gasteiger partial charge on any atom is -0.374 e. The molecular formula is C16H17N. The Morgan fingerprint density at radius 2 is 2.24 bits per heavy atom. The molecule has 0 aromatic heterocycles. The predicted octanol–water partition coefficient (Wildman–Crippen LogP) is 3.58. The molecule has 0 radical (unpaired) electrons. The Kier molecular flexibility index (Phi) is 3.29. The van der Waals surface area contributed by atoms with E-state index in [0.717, 1.165) is 11.3 Å². The lowest BCUT2D eigenvalue weighted by molar-refractivity contribution is 0.747. The van der Waals surface area contributed by atoms with Crippen LogP contribution in [0.1, 0.15) is 6.92 Å². The van der Waals surface area contributed by atoms with Gasteiger partial charge in [0.05, 0.1) is 6.04 Å². The molecule has 0 amide bonds. The van der Waals surface area contributed by atoms with Crippen molar-refractivity contribution in [3.63, 3.8) is 0 Å². The van der Waals surface area contributed by atoms with Gasteiger partial charge in [-0.15, -0.1) is 0 Å². The highest BCUT2D eigenvalue weighted by atomic mass is 14.9. The van der Waals surface area contributed by atoms with Crippen molar-refractivity contribution in [2.75, 3.05) is 0 Å². The Morgan fingerprint density at radius 1 is 1.41 bits per heavy atom. The second kappa shape index (κ2) is 4.88. The molecule has 86 valence electrons. The maximum atomic E-state index is 4.08. The summed E-state index contributed by atoms with van der Waals surface area (Å²) in [6, 6.07) is 0.271. The van der Waals surface area contributed by atoms with Crippen molar-refractivity contribution >= 4 is 0 Å². The molecule has 1 nitrogen and oxygen atoms in total. The van der Waals surface area contributed by atoms with E-state index >= 15 is 0 Å². The topological polar surface area (TPSA) is 12.0 Å². The molecule has 0 aromatic rings. The summed E-state index contributed by atoms with van der Waals surface area (Å²) in [5.41, 5.74) is 4.61. The summed E-state index contributed by atoms with van der Waals surface area (Å²) >= 11 is 0. The van der Waals surface area contributed by atoms with E-state index < -0.39 is 0 Å². The first-order valence-electron chi connectivity index (χ1n) is 5.74. The molecule has 0 fully saturated rings. The van der Waals surface area contributed by atoms with Gasteiger partial charge in [-0.3, -0.25) is 0 Å². The SMILES string of the molecule is C=C/C=C\C(=C)C1=C(C)C=C2C=CC=CC2N1. The van der Waals surface area contributed by atoms with Gasteiger partial charge in [-0.2, -0.15) is 0 Å². The highest BCUT2D eigenvalue weighted by Gasteiger charge is 2.18. The molecule has 1 heterocycles. The van der Waals surface area contributed by atoms with Gasteiger partial charge in [0.15, 0.2) is 0 Å². The minimum atomic E-state index is 0.271. The van der Waals surface area contributed by atoms with Gasteiger partial charge < -0.3 is 5.32 Å². The van der Waals surface area contributed by atoms with E-state index in [4.69, 9.17) is 0 Å². The van der Waals surface area contributed by atoms with Crippen molar-refractivity contribution < 1.29 is 0 Å². The standard InChI is InChI=1S/C16H17N/c1-4-5-8-12(2)16-13(3)11-14-9-6-7-10-15(14)17-16/h4-11,15,17H,1-2H2,3H3/b8-5-. The molecular weight excluding hydrogens is 206 g/mol. The first kappa shape index (κ1) is 11.5. The van der Waals surface area contributed by atoms with Crippen LogP contribution in [0.4, 0.5) is 0 Å². The van der Waals surface area contributed by atoms with Crippen LogP contribution in [0.5, 0.6) is 0 Å². The van der Waals surface area contributed by atoms with Gasteiger partial charge in [0, 0.05) is 5.70 Å². The summed E-state index contributed by atoms with van der Waals surface area (Å²) in [6.45, 7) is 9.85. The molecule has 0 bridgehead atoms. The highest BCUT2D eigenvalue weighted by Crippen LogP contribution is 2.25. The Morgan fingerprint density at radius 3 is 3.00 bits per heavy atom. The molecule has 1 atom stereocenters. The lowest BCUT2D eigenvalue weighted by Gasteiger charge is -2.27. The molecule has 1 heteroatoms. The average molecular weight is 223 g/mol. The van der Waals surface area contributed by atoms with Gasteiger partial charge in [-0.05, 0) is 23.6 Å². The van der Waals surface area contributed by atoms with Gasteiger partial charge in [0.2, 0.25) is 0 Å². The van der Waals surface area contributed by atoms with Crippen LogP contribution < -0.4 is 5.32 Å². The van der Waals surface area contributed by atoms with Crippen molar-refractivity contribution in [1.82, 2.24) is 5.32 Å². The first-order valence-corrected chi connectivity index (χ1v) is 5.74. The molecule has 0 saturated heterocycles. The van der Waals surface area contributed by atoms with Gasteiger partial charge >= 0.3 is 0 Å². The zero-order valence-corrected chi connectivity index (χ0v) is 10.1. The fraction of sp³-hybridized carbons (Fsp3) is 0.125. The summed E-state index contributed by atoms with van der Waals surface area (Å²) in [5, 5.41) is 3.50. The Balaban J connectivity index is 2.29. The van der Waals surface area contributed by atoms with Crippen molar-refractivity contribution in [3.8, 4) is 0 Å². The van der Waals surface area contributed by atoms with E-state index in [1.807, 2.05) is 12.2 Å². The molecule has 0 spiro atoms. The molecule has 1 unspecified atom stereocenters. The van der Waals surface area contributed by atoms with Crippen molar-refractivity contribution in [3.05, 3.63) is 84.2 Å². The lowest BCUT2D eigenvalue weighted by atomic mass is 9.93. The van der Waals surface area contributed by atoms with Crippen LogP contribution in [-0.2, 0) is 0 Å². The normalized spacial score (nSPS) is 22.2. The second-order valence-electron chi connectivity index (χ2n) is 4.19. The van der Waals surface area contributed by atoms with E-state index in [2.05, 4.69) is 55.8 Å². The van der Waals surface area contributed by atoms with Crippen molar-refractivity contribution in [1.29, 1.82) is 0 Å². The summed E-state index contributed by atoms with van der Waals surface area (Å²) in [7, 11) is 0. The minimum absolute atomic E-state index is 0.271. The highest BCUT2D eigenvalue weighted by molar-refractivity contribution is 5.52. The third-order valence-electron chi connectivity index (χ3n) is 2.89. The van der Waals surface area contributed by atoms with Gasteiger partial charge in [-0.1, -0.05) is 61.8 Å². The molecule has 1 aliphatic heterocycles. The summed E-state index contributed by atoms with van der Waals surface area (Å²) in [6.07, 6.45) is 16.3. The van der Waals surface area contributed by atoms with Crippen LogP contribution in [0, 0.1) is 0 Å². The number of rotatable bonds is 3. The van der Waals surface area contributed by atoms with Crippen LogP contribution in [0.3, 0.4) is 0 Å². The number of allylic oxidation sites excluding steroid dienone is 7. The predicted molar refractivity (Wildman–Crippen MR) is 74.5 cm³/mol. The third kappa shape index (κ3) is 2.39. The molecule has 0 aromatic carbocycles. The first-order chi connectivity index (χ1) is 8.22. The van der Waals surface area contributed by atoms with Gasteiger partial charge in [-0.25, -0.2) is 0 Å². The van der Waals surface area contributed by atoms with Crippen LogP contribution >= 0.6 is 0 Å².